The van der Waals surface area contributed by atoms with Crippen LogP contribution in [0.25, 0.3) is 5.69 Å². The van der Waals surface area contributed by atoms with E-state index in [0.717, 1.165) is 23.4 Å². The van der Waals surface area contributed by atoms with Crippen molar-refractivity contribution in [2.75, 3.05) is 12.4 Å². The van der Waals surface area contributed by atoms with Gasteiger partial charge >= 0.3 is 0 Å². The first kappa shape index (κ1) is 12.0. The number of aromatic nitrogens is 2. The number of rotatable bonds is 2. The van der Waals surface area contributed by atoms with E-state index in [4.69, 9.17) is 0 Å². The van der Waals surface area contributed by atoms with Crippen LogP contribution in [-0.4, -0.2) is 22.6 Å². The van der Waals surface area contributed by atoms with Crippen molar-refractivity contribution in [2.24, 2.45) is 5.92 Å². The Morgan fingerprint density at radius 3 is 2.68 bits per heavy atom. The summed E-state index contributed by atoms with van der Waals surface area (Å²) in [6.45, 7) is 2.11. The molecular formula is C15H17N3O. The molecule has 1 aliphatic rings. The van der Waals surface area contributed by atoms with E-state index in [1.54, 1.807) is 0 Å². The van der Waals surface area contributed by atoms with E-state index in [-0.39, 0.29) is 5.78 Å². The average Bonchev–Trinajstić information content (AvgIpc) is 2.78. The molecule has 0 bridgehead atoms. The number of Topliss-reactive ketones (excluding diaryl/α,β-unsaturated/α-hetero) is 1. The Morgan fingerprint density at radius 2 is 2.00 bits per heavy atom. The van der Waals surface area contributed by atoms with Gasteiger partial charge in [-0.15, -0.1) is 5.10 Å². The highest BCUT2D eigenvalue weighted by Crippen LogP contribution is 2.31. The van der Waals surface area contributed by atoms with Gasteiger partial charge in [0.05, 0.1) is 16.9 Å². The Kier molecular flexibility index (Phi) is 2.85. The zero-order valence-corrected chi connectivity index (χ0v) is 11.2. The molecule has 1 aromatic heterocycles. The Balaban J connectivity index is 2.20. The van der Waals surface area contributed by atoms with Gasteiger partial charge in [0, 0.05) is 13.5 Å². The lowest BCUT2D eigenvalue weighted by Gasteiger charge is -2.19. The van der Waals surface area contributed by atoms with Crippen LogP contribution in [-0.2, 0) is 6.42 Å². The molecule has 1 aliphatic carbocycles. The lowest BCUT2D eigenvalue weighted by atomic mass is 9.88. The van der Waals surface area contributed by atoms with Gasteiger partial charge in [0.2, 0.25) is 0 Å². The van der Waals surface area contributed by atoms with Gasteiger partial charge in [-0.1, -0.05) is 25.1 Å². The number of carbonyl (C=O) groups is 1. The highest BCUT2D eigenvalue weighted by Gasteiger charge is 2.30. The number of anilines is 1. The standard InChI is InChI=1S/C15H17N3O/c1-10-8-12-14(13(19)9-10)15(16-2)17-18(12)11-6-4-3-5-7-11/h3-7,10H,8-9H2,1-2H3,(H,16,17). The van der Waals surface area contributed by atoms with Crippen LogP contribution in [0.2, 0.25) is 0 Å². The topological polar surface area (TPSA) is 46.9 Å². The summed E-state index contributed by atoms with van der Waals surface area (Å²) in [5.74, 6) is 1.26. The van der Waals surface area contributed by atoms with Crippen molar-refractivity contribution in [3.8, 4) is 5.69 Å². The molecule has 1 unspecified atom stereocenters. The molecule has 0 saturated carbocycles. The molecular weight excluding hydrogens is 238 g/mol. The van der Waals surface area contributed by atoms with E-state index in [0.29, 0.717) is 18.2 Å². The molecule has 19 heavy (non-hydrogen) atoms. The molecule has 0 aliphatic heterocycles. The van der Waals surface area contributed by atoms with E-state index in [9.17, 15) is 4.79 Å². The summed E-state index contributed by atoms with van der Waals surface area (Å²) in [6.07, 6.45) is 1.51. The fourth-order valence-electron chi connectivity index (χ4n) is 2.71. The van der Waals surface area contributed by atoms with Gasteiger partial charge in [-0.2, -0.15) is 0 Å². The van der Waals surface area contributed by atoms with Crippen LogP contribution in [0.3, 0.4) is 0 Å². The van der Waals surface area contributed by atoms with Crippen LogP contribution < -0.4 is 5.32 Å². The van der Waals surface area contributed by atoms with Gasteiger partial charge < -0.3 is 5.32 Å². The third kappa shape index (κ3) is 1.93. The largest absolute Gasteiger partial charge is 0.371 e. The van der Waals surface area contributed by atoms with Gasteiger partial charge in [-0.05, 0) is 24.5 Å². The predicted molar refractivity (Wildman–Crippen MR) is 74.9 cm³/mol. The minimum atomic E-state index is 0.195. The van der Waals surface area contributed by atoms with Crippen LogP contribution in [0.4, 0.5) is 5.82 Å². The summed E-state index contributed by atoms with van der Waals surface area (Å²) in [4.78, 5) is 12.2. The monoisotopic (exact) mass is 255 g/mol. The Labute approximate surface area is 112 Å². The maximum absolute atomic E-state index is 12.2. The highest BCUT2D eigenvalue weighted by molar-refractivity contribution is 6.02. The number of benzene rings is 1. The van der Waals surface area contributed by atoms with E-state index < -0.39 is 0 Å². The van der Waals surface area contributed by atoms with Crippen molar-refractivity contribution in [1.29, 1.82) is 0 Å². The smallest absolute Gasteiger partial charge is 0.168 e. The predicted octanol–water partition coefficient (Wildman–Crippen LogP) is 2.68. The molecule has 0 fully saturated rings. The molecule has 1 aromatic carbocycles. The maximum Gasteiger partial charge on any atom is 0.168 e. The third-order valence-electron chi connectivity index (χ3n) is 3.57. The average molecular weight is 255 g/mol. The second kappa shape index (κ2) is 4.53. The second-order valence-corrected chi connectivity index (χ2v) is 5.10. The number of hydrogen-bond donors (Lipinski definition) is 1. The first-order valence-corrected chi connectivity index (χ1v) is 6.59. The van der Waals surface area contributed by atoms with Crippen LogP contribution in [0.1, 0.15) is 29.4 Å². The number of nitrogens with zero attached hydrogens (tertiary/aromatic N) is 2. The summed E-state index contributed by atoms with van der Waals surface area (Å²) in [6, 6.07) is 9.96. The summed E-state index contributed by atoms with van der Waals surface area (Å²) in [5, 5.41) is 7.59. The van der Waals surface area contributed by atoms with Gasteiger partial charge in [0.1, 0.15) is 0 Å². The number of para-hydroxylation sites is 1. The first-order valence-electron chi connectivity index (χ1n) is 6.59. The van der Waals surface area contributed by atoms with Crippen molar-refractivity contribution < 1.29 is 4.79 Å². The van der Waals surface area contributed by atoms with Crippen molar-refractivity contribution in [3.05, 3.63) is 41.6 Å². The van der Waals surface area contributed by atoms with Gasteiger partial charge in [-0.3, -0.25) is 4.79 Å². The SMILES string of the molecule is CNc1nn(-c2ccccc2)c2c1C(=O)CC(C)C2. The summed E-state index contributed by atoms with van der Waals surface area (Å²) in [7, 11) is 1.81. The lowest BCUT2D eigenvalue weighted by molar-refractivity contribution is 0.0953. The van der Waals surface area contributed by atoms with Gasteiger partial charge in [-0.25, -0.2) is 4.68 Å². The summed E-state index contributed by atoms with van der Waals surface area (Å²) in [5.41, 5.74) is 2.80. The molecule has 0 amide bonds. The molecule has 1 atom stereocenters. The van der Waals surface area contributed by atoms with E-state index in [1.165, 1.54) is 0 Å². The van der Waals surface area contributed by atoms with E-state index in [1.807, 2.05) is 42.1 Å². The van der Waals surface area contributed by atoms with E-state index in [2.05, 4.69) is 17.3 Å². The molecule has 3 rings (SSSR count). The molecule has 1 heterocycles. The molecule has 4 nitrogen and oxygen atoms in total. The van der Waals surface area contributed by atoms with Crippen LogP contribution in [0, 0.1) is 5.92 Å². The number of ketones is 1. The van der Waals surface area contributed by atoms with Crippen LogP contribution in [0.5, 0.6) is 0 Å². The second-order valence-electron chi connectivity index (χ2n) is 5.10. The molecule has 2 aromatic rings. The van der Waals surface area contributed by atoms with Gasteiger partial charge in [0.15, 0.2) is 11.6 Å². The number of nitrogens with one attached hydrogen (secondary N) is 1. The van der Waals surface area contributed by atoms with Crippen molar-refractivity contribution in [2.45, 2.75) is 19.8 Å². The molecule has 0 radical (unpaired) electrons. The minimum absolute atomic E-state index is 0.195. The Morgan fingerprint density at radius 1 is 1.26 bits per heavy atom. The number of hydrogen-bond acceptors (Lipinski definition) is 3. The maximum atomic E-state index is 12.2. The first-order chi connectivity index (χ1) is 9.20. The highest BCUT2D eigenvalue weighted by atomic mass is 16.1. The normalized spacial score (nSPS) is 18.2. The molecule has 98 valence electrons. The number of fused-ring (bicyclic) bond motifs is 1. The summed E-state index contributed by atoms with van der Waals surface area (Å²) < 4.78 is 1.90. The molecule has 4 heteroatoms. The zero-order chi connectivity index (χ0) is 13.4. The van der Waals surface area contributed by atoms with Crippen LogP contribution in [0.15, 0.2) is 30.3 Å². The summed E-state index contributed by atoms with van der Waals surface area (Å²) >= 11 is 0. The van der Waals surface area contributed by atoms with Crippen molar-refractivity contribution in [1.82, 2.24) is 9.78 Å². The van der Waals surface area contributed by atoms with E-state index >= 15 is 0 Å². The third-order valence-corrected chi connectivity index (χ3v) is 3.57. The quantitative estimate of drug-likeness (QED) is 0.897. The number of carbonyl (C=O) groups excluding carboxylic acids is 1. The van der Waals surface area contributed by atoms with Crippen molar-refractivity contribution in [3.63, 3.8) is 0 Å². The van der Waals surface area contributed by atoms with Gasteiger partial charge in [0.25, 0.3) is 0 Å². The van der Waals surface area contributed by atoms with Crippen LogP contribution >= 0.6 is 0 Å². The Hall–Kier alpha value is -2.10. The fraction of sp³-hybridized carbons (Fsp3) is 0.333. The molecule has 0 spiro atoms. The lowest BCUT2D eigenvalue weighted by Crippen LogP contribution is -2.19. The molecule has 1 N–H and O–H groups in total. The molecule has 0 saturated heterocycles. The Bertz CT molecular complexity index is 616. The zero-order valence-electron chi connectivity index (χ0n) is 11.2. The minimum Gasteiger partial charge on any atom is -0.371 e. The van der Waals surface area contributed by atoms with Crippen molar-refractivity contribution >= 4 is 11.6 Å². The fourth-order valence-corrected chi connectivity index (χ4v) is 2.71.